The largest absolute Gasteiger partial charge is 0.345 e. The van der Waals surface area contributed by atoms with E-state index in [0.29, 0.717) is 22.8 Å². The molecule has 3 N–H and O–H groups in total. The van der Waals surface area contributed by atoms with E-state index in [0.717, 1.165) is 16.7 Å². The molecule has 3 amide bonds. The molecule has 0 aliphatic carbocycles. The number of pyridine rings is 1. The molecule has 3 rings (SSSR count). The van der Waals surface area contributed by atoms with E-state index in [9.17, 15) is 9.59 Å². The summed E-state index contributed by atoms with van der Waals surface area (Å²) in [5.41, 5.74) is 3.98. The van der Waals surface area contributed by atoms with Crippen LogP contribution in [-0.2, 0) is 6.54 Å². The number of rotatable bonds is 6. The van der Waals surface area contributed by atoms with Gasteiger partial charge in [0.1, 0.15) is 0 Å². The lowest BCUT2D eigenvalue weighted by Crippen LogP contribution is -2.28. The van der Waals surface area contributed by atoms with Crippen LogP contribution in [0.25, 0.3) is 0 Å². The summed E-state index contributed by atoms with van der Waals surface area (Å²) in [5.74, 6) is -0.170. The molecule has 0 saturated heterocycles. The number of carbonyl (C=O) groups excluding carboxylic acids is 2. The van der Waals surface area contributed by atoms with E-state index in [2.05, 4.69) is 20.9 Å². The van der Waals surface area contributed by atoms with Crippen LogP contribution >= 0.6 is 11.6 Å². The number of nitrogens with zero attached hydrogens (tertiary/aromatic N) is 1. The van der Waals surface area contributed by atoms with Gasteiger partial charge in [0.2, 0.25) is 0 Å². The zero-order chi connectivity index (χ0) is 21.5. The lowest BCUT2D eigenvalue weighted by atomic mass is 10.1. The maximum atomic E-state index is 12.4. The molecular weight excluding hydrogens is 400 g/mol. The number of aryl methyl sites for hydroxylation is 1. The molecule has 6 nitrogen and oxygen atoms in total. The van der Waals surface area contributed by atoms with Crippen LogP contribution in [0.2, 0.25) is 5.02 Å². The highest BCUT2D eigenvalue weighted by Gasteiger charge is 2.13. The molecule has 1 heterocycles. The quantitative estimate of drug-likeness (QED) is 0.530. The Balaban J connectivity index is 1.52. The van der Waals surface area contributed by atoms with Crippen molar-refractivity contribution in [2.24, 2.45) is 0 Å². The first kappa shape index (κ1) is 21.3. The first-order chi connectivity index (χ1) is 14.4. The van der Waals surface area contributed by atoms with E-state index in [1.54, 1.807) is 42.7 Å². The van der Waals surface area contributed by atoms with Gasteiger partial charge in [-0.05, 0) is 60.9 Å². The van der Waals surface area contributed by atoms with Crippen LogP contribution in [0.3, 0.4) is 0 Å². The van der Waals surface area contributed by atoms with Gasteiger partial charge in [0.25, 0.3) is 5.91 Å². The molecule has 3 aromatic rings. The van der Waals surface area contributed by atoms with Crippen LogP contribution in [0, 0.1) is 6.92 Å². The topological polar surface area (TPSA) is 83.1 Å². The van der Waals surface area contributed by atoms with E-state index in [1.165, 1.54) is 0 Å². The molecule has 0 radical (unpaired) electrons. The molecule has 0 spiro atoms. The zero-order valence-electron chi connectivity index (χ0n) is 16.8. The fourth-order valence-corrected chi connectivity index (χ4v) is 3.00. The van der Waals surface area contributed by atoms with E-state index in [-0.39, 0.29) is 18.0 Å². The predicted octanol–water partition coefficient (Wildman–Crippen LogP) is 4.86. The highest BCUT2D eigenvalue weighted by molar-refractivity contribution is 6.30. The predicted molar refractivity (Wildman–Crippen MR) is 119 cm³/mol. The fourth-order valence-electron chi connectivity index (χ4n) is 2.87. The van der Waals surface area contributed by atoms with Crippen molar-refractivity contribution >= 4 is 29.2 Å². The van der Waals surface area contributed by atoms with E-state index in [4.69, 9.17) is 11.6 Å². The average molecular weight is 423 g/mol. The number of anilines is 1. The summed E-state index contributed by atoms with van der Waals surface area (Å²) in [5, 5.41) is 9.21. The molecule has 0 bridgehead atoms. The first-order valence-corrected chi connectivity index (χ1v) is 9.91. The summed E-state index contributed by atoms with van der Waals surface area (Å²) in [6.07, 6.45) is 3.22. The molecule has 0 aliphatic heterocycles. The summed E-state index contributed by atoms with van der Waals surface area (Å²) in [4.78, 5) is 28.6. The molecule has 0 aliphatic rings. The Morgan fingerprint density at radius 3 is 2.40 bits per heavy atom. The summed E-state index contributed by atoms with van der Waals surface area (Å²) >= 11 is 5.86. The van der Waals surface area contributed by atoms with Crippen LogP contribution in [-0.4, -0.2) is 16.9 Å². The lowest BCUT2D eigenvalue weighted by molar-refractivity contribution is 0.0939. The van der Waals surface area contributed by atoms with Gasteiger partial charge < -0.3 is 16.0 Å². The number of hydrogen-bond donors (Lipinski definition) is 3. The zero-order valence-corrected chi connectivity index (χ0v) is 17.5. The third kappa shape index (κ3) is 5.81. The second-order valence-corrected chi connectivity index (χ2v) is 7.38. The fraction of sp³-hybridized carbons (Fsp3) is 0.174. The van der Waals surface area contributed by atoms with Crippen molar-refractivity contribution in [3.63, 3.8) is 0 Å². The normalized spacial score (nSPS) is 11.4. The van der Waals surface area contributed by atoms with Gasteiger partial charge in [-0.15, -0.1) is 0 Å². The Hall–Kier alpha value is -3.38. The third-order valence-corrected chi connectivity index (χ3v) is 4.92. The van der Waals surface area contributed by atoms with E-state index in [1.807, 2.05) is 38.1 Å². The van der Waals surface area contributed by atoms with Crippen molar-refractivity contribution in [1.29, 1.82) is 0 Å². The van der Waals surface area contributed by atoms with Crippen molar-refractivity contribution in [2.45, 2.75) is 26.4 Å². The third-order valence-electron chi connectivity index (χ3n) is 4.67. The van der Waals surface area contributed by atoms with Crippen molar-refractivity contribution in [3.05, 3.63) is 94.3 Å². The number of amides is 3. The van der Waals surface area contributed by atoms with Crippen LogP contribution in [0.15, 0.2) is 67.0 Å². The van der Waals surface area contributed by atoms with Crippen molar-refractivity contribution in [3.8, 4) is 0 Å². The van der Waals surface area contributed by atoms with Crippen molar-refractivity contribution in [2.75, 3.05) is 5.32 Å². The Kier molecular flexibility index (Phi) is 7.03. The molecule has 0 saturated carbocycles. The minimum Gasteiger partial charge on any atom is -0.345 e. The lowest BCUT2D eigenvalue weighted by Gasteiger charge is -2.16. The second kappa shape index (κ2) is 9.89. The number of carbonyl (C=O) groups is 2. The van der Waals surface area contributed by atoms with Gasteiger partial charge in [0.05, 0.1) is 11.6 Å². The van der Waals surface area contributed by atoms with Gasteiger partial charge in [-0.25, -0.2) is 4.79 Å². The van der Waals surface area contributed by atoms with E-state index >= 15 is 0 Å². The number of urea groups is 1. The minimum atomic E-state index is -0.300. The maximum Gasteiger partial charge on any atom is 0.319 e. The smallest absolute Gasteiger partial charge is 0.319 e. The molecule has 1 atom stereocenters. The molecular formula is C23H23ClN4O2. The first-order valence-electron chi connectivity index (χ1n) is 9.53. The second-order valence-electron chi connectivity index (χ2n) is 6.94. The molecule has 2 aromatic carbocycles. The number of nitrogens with one attached hydrogen (secondary N) is 3. The van der Waals surface area contributed by atoms with Gasteiger partial charge in [0.15, 0.2) is 0 Å². The summed E-state index contributed by atoms with van der Waals surface area (Å²) in [7, 11) is 0. The van der Waals surface area contributed by atoms with Crippen LogP contribution in [0.1, 0.15) is 40.0 Å². The molecule has 30 heavy (non-hydrogen) atoms. The summed E-state index contributed by atoms with van der Waals surface area (Å²) in [6.45, 7) is 4.18. The van der Waals surface area contributed by atoms with Gasteiger partial charge in [-0.1, -0.05) is 35.9 Å². The summed E-state index contributed by atoms with van der Waals surface area (Å²) in [6, 6.07) is 15.9. The Morgan fingerprint density at radius 1 is 1.03 bits per heavy atom. The monoisotopic (exact) mass is 422 g/mol. The van der Waals surface area contributed by atoms with Gasteiger partial charge in [-0.3, -0.25) is 9.78 Å². The number of aromatic nitrogens is 1. The molecule has 0 unspecified atom stereocenters. The SMILES string of the molecule is Cc1ccncc1C(=O)N[C@@H](C)c1ccc(NC(=O)NCc2ccc(Cl)cc2)cc1. The minimum absolute atomic E-state index is 0.170. The highest BCUT2D eigenvalue weighted by atomic mass is 35.5. The Morgan fingerprint density at radius 2 is 1.73 bits per heavy atom. The molecule has 154 valence electrons. The van der Waals surface area contributed by atoms with Crippen LogP contribution in [0.5, 0.6) is 0 Å². The van der Waals surface area contributed by atoms with Gasteiger partial charge >= 0.3 is 6.03 Å². The number of hydrogen-bond acceptors (Lipinski definition) is 3. The van der Waals surface area contributed by atoms with Crippen LogP contribution in [0.4, 0.5) is 10.5 Å². The molecule has 0 fully saturated rings. The maximum absolute atomic E-state index is 12.4. The number of halogens is 1. The number of benzene rings is 2. The standard InChI is InChI=1S/C23H23ClN4O2/c1-15-11-12-25-14-21(15)22(29)27-16(2)18-5-9-20(10-6-18)28-23(30)26-13-17-3-7-19(24)8-4-17/h3-12,14,16H,13H2,1-2H3,(H,27,29)(H2,26,28,30)/t16-/m0/s1. The highest BCUT2D eigenvalue weighted by Crippen LogP contribution is 2.17. The van der Waals surface area contributed by atoms with Gasteiger partial charge in [-0.2, -0.15) is 0 Å². The van der Waals surface area contributed by atoms with E-state index < -0.39 is 0 Å². The van der Waals surface area contributed by atoms with Crippen molar-refractivity contribution < 1.29 is 9.59 Å². The van der Waals surface area contributed by atoms with Gasteiger partial charge in [0, 0.05) is 29.6 Å². The Bertz CT molecular complexity index is 1020. The molecule has 7 heteroatoms. The summed E-state index contributed by atoms with van der Waals surface area (Å²) < 4.78 is 0. The Labute approximate surface area is 180 Å². The average Bonchev–Trinajstić information content (AvgIpc) is 2.74. The van der Waals surface area contributed by atoms with Crippen LogP contribution < -0.4 is 16.0 Å². The molecule has 1 aromatic heterocycles. The van der Waals surface area contributed by atoms with Crippen molar-refractivity contribution in [1.82, 2.24) is 15.6 Å².